The summed E-state index contributed by atoms with van der Waals surface area (Å²) in [4.78, 5) is 13.6. The molecule has 14 heavy (non-hydrogen) atoms. The molecule has 0 aliphatic carbocycles. The van der Waals surface area contributed by atoms with E-state index in [-0.39, 0.29) is 5.91 Å². The average Bonchev–Trinajstić information content (AvgIpc) is 2.18. The molecule has 1 rings (SSSR count). The number of amides is 1. The van der Waals surface area contributed by atoms with Crippen LogP contribution in [0.4, 0.5) is 0 Å². The Balaban J connectivity index is 2.22. The second kappa shape index (κ2) is 5.98. The molecule has 1 saturated heterocycles. The van der Waals surface area contributed by atoms with Crippen LogP contribution in [-0.4, -0.2) is 50.2 Å². The molecule has 1 fully saturated rings. The molecule has 0 aromatic heterocycles. The zero-order valence-electron chi connectivity index (χ0n) is 9.08. The van der Waals surface area contributed by atoms with Gasteiger partial charge in [0.05, 0.1) is 0 Å². The fourth-order valence-electron chi connectivity index (χ4n) is 1.68. The second-order valence-corrected chi connectivity index (χ2v) is 3.79. The van der Waals surface area contributed by atoms with Gasteiger partial charge in [0.25, 0.3) is 0 Å². The van der Waals surface area contributed by atoms with Crippen molar-refractivity contribution in [3.63, 3.8) is 0 Å². The molecule has 1 heterocycles. The standard InChI is InChI=1S/C10H20N2O2/c1-9-8-12(6-5-11-9)10(13)4-3-7-14-2/h9,11H,3-8H2,1-2H3/t9-/m1/s1. The molecule has 0 unspecified atom stereocenters. The smallest absolute Gasteiger partial charge is 0.222 e. The highest BCUT2D eigenvalue weighted by molar-refractivity contribution is 5.76. The Kier molecular flexibility index (Phi) is 4.90. The Hall–Kier alpha value is -0.610. The quantitative estimate of drug-likeness (QED) is 0.661. The first-order chi connectivity index (χ1) is 6.74. The van der Waals surface area contributed by atoms with E-state index >= 15 is 0 Å². The molecule has 4 heteroatoms. The van der Waals surface area contributed by atoms with Crippen molar-refractivity contribution >= 4 is 5.91 Å². The lowest BCUT2D eigenvalue weighted by Crippen LogP contribution is -2.51. The molecule has 82 valence electrons. The summed E-state index contributed by atoms with van der Waals surface area (Å²) in [7, 11) is 1.66. The highest BCUT2D eigenvalue weighted by atomic mass is 16.5. The normalized spacial score (nSPS) is 22.4. The number of hydrogen-bond acceptors (Lipinski definition) is 3. The second-order valence-electron chi connectivity index (χ2n) is 3.79. The number of nitrogens with zero attached hydrogens (tertiary/aromatic N) is 1. The summed E-state index contributed by atoms with van der Waals surface area (Å²) in [6.45, 7) is 5.38. The van der Waals surface area contributed by atoms with Gasteiger partial charge in [-0.3, -0.25) is 4.79 Å². The topological polar surface area (TPSA) is 41.6 Å². The first kappa shape index (κ1) is 11.5. The van der Waals surface area contributed by atoms with Crippen LogP contribution in [0.3, 0.4) is 0 Å². The van der Waals surface area contributed by atoms with Crippen LogP contribution in [0.5, 0.6) is 0 Å². The number of piperazine rings is 1. The van der Waals surface area contributed by atoms with Crippen LogP contribution in [0, 0.1) is 0 Å². The summed E-state index contributed by atoms with van der Waals surface area (Å²) < 4.78 is 4.92. The molecule has 0 aromatic carbocycles. The molecule has 0 spiro atoms. The van der Waals surface area contributed by atoms with Crippen molar-refractivity contribution in [3.8, 4) is 0 Å². The summed E-state index contributed by atoms with van der Waals surface area (Å²) in [5.41, 5.74) is 0. The molecule has 4 nitrogen and oxygen atoms in total. The lowest BCUT2D eigenvalue weighted by molar-refractivity contribution is -0.132. The zero-order chi connectivity index (χ0) is 10.4. The van der Waals surface area contributed by atoms with Crippen LogP contribution in [0.2, 0.25) is 0 Å². The molecule has 1 aliphatic rings. The third-order valence-corrected chi connectivity index (χ3v) is 2.46. The first-order valence-electron chi connectivity index (χ1n) is 5.24. The SMILES string of the molecule is COCCCC(=O)N1CCN[C@H](C)C1. The highest BCUT2D eigenvalue weighted by Gasteiger charge is 2.19. The Morgan fingerprint density at radius 1 is 1.64 bits per heavy atom. The Morgan fingerprint density at radius 2 is 2.43 bits per heavy atom. The van der Waals surface area contributed by atoms with E-state index in [0.717, 1.165) is 26.1 Å². The van der Waals surface area contributed by atoms with Crippen molar-refractivity contribution in [3.05, 3.63) is 0 Å². The van der Waals surface area contributed by atoms with E-state index in [0.29, 0.717) is 19.1 Å². The van der Waals surface area contributed by atoms with Crippen molar-refractivity contribution < 1.29 is 9.53 Å². The summed E-state index contributed by atoms with van der Waals surface area (Å²) in [5, 5.41) is 3.32. The molecule has 1 atom stereocenters. The van der Waals surface area contributed by atoms with Crippen LogP contribution in [0.15, 0.2) is 0 Å². The Morgan fingerprint density at radius 3 is 3.07 bits per heavy atom. The van der Waals surface area contributed by atoms with Crippen molar-refractivity contribution in [2.45, 2.75) is 25.8 Å². The average molecular weight is 200 g/mol. The lowest BCUT2D eigenvalue weighted by atomic mass is 10.2. The van der Waals surface area contributed by atoms with E-state index in [4.69, 9.17) is 4.74 Å². The van der Waals surface area contributed by atoms with Crippen LogP contribution in [0.1, 0.15) is 19.8 Å². The Bertz CT molecular complexity index is 185. The van der Waals surface area contributed by atoms with Crippen molar-refractivity contribution in [2.75, 3.05) is 33.4 Å². The van der Waals surface area contributed by atoms with E-state index in [1.165, 1.54) is 0 Å². The van der Waals surface area contributed by atoms with Gasteiger partial charge in [0, 0.05) is 45.8 Å². The van der Waals surface area contributed by atoms with E-state index in [9.17, 15) is 4.79 Å². The predicted octanol–water partition coefficient (Wildman–Crippen LogP) is 0.233. The summed E-state index contributed by atoms with van der Waals surface area (Å²) >= 11 is 0. The monoisotopic (exact) mass is 200 g/mol. The number of nitrogens with one attached hydrogen (secondary N) is 1. The van der Waals surface area contributed by atoms with E-state index < -0.39 is 0 Å². The molecule has 0 radical (unpaired) electrons. The molecule has 1 amide bonds. The minimum absolute atomic E-state index is 0.260. The van der Waals surface area contributed by atoms with Gasteiger partial charge in [-0.1, -0.05) is 0 Å². The molecule has 0 aromatic rings. The molecular weight excluding hydrogens is 180 g/mol. The molecule has 0 saturated carbocycles. The van der Waals surface area contributed by atoms with Gasteiger partial charge in [-0.2, -0.15) is 0 Å². The summed E-state index contributed by atoms with van der Waals surface area (Å²) in [6.07, 6.45) is 1.44. The fraction of sp³-hybridized carbons (Fsp3) is 0.900. The predicted molar refractivity (Wildman–Crippen MR) is 55.2 cm³/mol. The zero-order valence-corrected chi connectivity index (χ0v) is 9.08. The van der Waals surface area contributed by atoms with Gasteiger partial charge >= 0.3 is 0 Å². The van der Waals surface area contributed by atoms with Crippen LogP contribution < -0.4 is 5.32 Å². The van der Waals surface area contributed by atoms with Crippen molar-refractivity contribution in [1.29, 1.82) is 0 Å². The minimum Gasteiger partial charge on any atom is -0.385 e. The van der Waals surface area contributed by atoms with E-state index in [2.05, 4.69) is 12.2 Å². The van der Waals surface area contributed by atoms with Gasteiger partial charge < -0.3 is 15.0 Å². The molecular formula is C10H20N2O2. The van der Waals surface area contributed by atoms with E-state index in [1.807, 2.05) is 4.90 Å². The fourth-order valence-corrected chi connectivity index (χ4v) is 1.68. The third-order valence-electron chi connectivity index (χ3n) is 2.46. The van der Waals surface area contributed by atoms with Gasteiger partial charge in [0.1, 0.15) is 0 Å². The van der Waals surface area contributed by atoms with E-state index in [1.54, 1.807) is 7.11 Å². The van der Waals surface area contributed by atoms with Crippen molar-refractivity contribution in [1.82, 2.24) is 10.2 Å². The van der Waals surface area contributed by atoms with Crippen molar-refractivity contribution in [2.24, 2.45) is 0 Å². The van der Waals surface area contributed by atoms with Crippen LogP contribution in [0.25, 0.3) is 0 Å². The number of carbonyl (C=O) groups excluding carboxylic acids is 1. The maximum Gasteiger partial charge on any atom is 0.222 e. The summed E-state index contributed by atoms with van der Waals surface area (Å²) in [5.74, 6) is 0.260. The number of ether oxygens (including phenoxy) is 1. The number of hydrogen-bond donors (Lipinski definition) is 1. The Labute approximate surface area is 85.6 Å². The van der Waals surface area contributed by atoms with Gasteiger partial charge in [-0.25, -0.2) is 0 Å². The highest BCUT2D eigenvalue weighted by Crippen LogP contribution is 2.03. The lowest BCUT2D eigenvalue weighted by Gasteiger charge is -2.32. The van der Waals surface area contributed by atoms with Gasteiger partial charge in [-0.05, 0) is 13.3 Å². The molecule has 0 bridgehead atoms. The number of rotatable bonds is 4. The first-order valence-corrected chi connectivity index (χ1v) is 5.24. The maximum atomic E-state index is 11.7. The minimum atomic E-state index is 0.260. The number of methoxy groups -OCH3 is 1. The molecule has 1 N–H and O–H groups in total. The van der Waals surface area contributed by atoms with Gasteiger partial charge in [-0.15, -0.1) is 0 Å². The van der Waals surface area contributed by atoms with Crippen LogP contribution >= 0.6 is 0 Å². The molecule has 1 aliphatic heterocycles. The number of carbonyl (C=O) groups is 1. The van der Waals surface area contributed by atoms with Crippen LogP contribution in [-0.2, 0) is 9.53 Å². The van der Waals surface area contributed by atoms with Gasteiger partial charge in [0.2, 0.25) is 5.91 Å². The largest absolute Gasteiger partial charge is 0.385 e. The maximum absolute atomic E-state index is 11.7. The summed E-state index contributed by atoms with van der Waals surface area (Å²) in [6, 6.07) is 0.426. The third kappa shape index (κ3) is 3.64. The van der Waals surface area contributed by atoms with Gasteiger partial charge in [0.15, 0.2) is 0 Å².